The van der Waals surface area contributed by atoms with E-state index in [0.717, 1.165) is 11.5 Å². The van der Waals surface area contributed by atoms with Crippen LogP contribution in [0, 0.1) is 0 Å². The summed E-state index contributed by atoms with van der Waals surface area (Å²) >= 11 is 0. The molecule has 1 heterocycles. The summed E-state index contributed by atoms with van der Waals surface area (Å²) in [6.07, 6.45) is 4.90. The van der Waals surface area contributed by atoms with Gasteiger partial charge in [-0.05, 0) is 25.5 Å². The Hall–Kier alpha value is -1.68. The van der Waals surface area contributed by atoms with E-state index in [1.165, 1.54) is 25.7 Å². The zero-order valence-electron chi connectivity index (χ0n) is 11.2. The summed E-state index contributed by atoms with van der Waals surface area (Å²) in [5, 5.41) is 11.7. The van der Waals surface area contributed by atoms with Crippen molar-refractivity contribution in [3.63, 3.8) is 0 Å². The molecule has 1 aliphatic rings. The first-order valence-corrected chi connectivity index (χ1v) is 6.94. The smallest absolute Gasteiger partial charge is 0.237 e. The van der Waals surface area contributed by atoms with Crippen LogP contribution < -0.4 is 5.32 Å². The summed E-state index contributed by atoms with van der Waals surface area (Å²) in [6.45, 7) is 0. The van der Waals surface area contributed by atoms with Crippen LogP contribution in [0.15, 0.2) is 34.7 Å². The molecule has 19 heavy (non-hydrogen) atoms. The lowest BCUT2D eigenvalue weighted by atomic mass is 10.1. The summed E-state index contributed by atoms with van der Waals surface area (Å²) in [5.74, 6) is 1.94. The van der Waals surface area contributed by atoms with Crippen molar-refractivity contribution in [3.05, 3.63) is 47.7 Å². The Morgan fingerprint density at radius 2 is 1.89 bits per heavy atom. The van der Waals surface area contributed by atoms with E-state index in [9.17, 15) is 0 Å². The maximum Gasteiger partial charge on any atom is 0.237 e. The SMILES string of the molecule is CNC(c1ccccc1)c1nnc(C2CCCC2)o1. The number of rotatable bonds is 4. The molecule has 1 N–H and O–H groups in total. The Morgan fingerprint density at radius 1 is 1.16 bits per heavy atom. The van der Waals surface area contributed by atoms with Gasteiger partial charge in [-0.15, -0.1) is 10.2 Å². The van der Waals surface area contributed by atoms with Crippen LogP contribution in [0.4, 0.5) is 0 Å². The summed E-state index contributed by atoms with van der Waals surface area (Å²) in [7, 11) is 1.91. The number of hydrogen-bond donors (Lipinski definition) is 1. The van der Waals surface area contributed by atoms with Crippen molar-refractivity contribution in [2.75, 3.05) is 7.05 Å². The van der Waals surface area contributed by atoms with E-state index in [1.807, 2.05) is 25.2 Å². The Kier molecular flexibility index (Phi) is 3.60. The van der Waals surface area contributed by atoms with Crippen molar-refractivity contribution in [2.24, 2.45) is 0 Å². The van der Waals surface area contributed by atoms with E-state index in [-0.39, 0.29) is 6.04 Å². The van der Waals surface area contributed by atoms with Gasteiger partial charge < -0.3 is 9.73 Å². The molecular weight excluding hydrogens is 238 g/mol. The van der Waals surface area contributed by atoms with Crippen molar-refractivity contribution < 1.29 is 4.42 Å². The Bertz CT molecular complexity index is 517. The number of nitrogens with one attached hydrogen (secondary N) is 1. The summed E-state index contributed by atoms with van der Waals surface area (Å²) in [5.41, 5.74) is 1.15. The molecule has 4 nitrogen and oxygen atoms in total. The Balaban J connectivity index is 1.84. The van der Waals surface area contributed by atoms with Crippen molar-refractivity contribution in [3.8, 4) is 0 Å². The van der Waals surface area contributed by atoms with Crippen LogP contribution in [-0.2, 0) is 0 Å². The lowest BCUT2D eigenvalue weighted by molar-refractivity contribution is 0.392. The number of hydrogen-bond acceptors (Lipinski definition) is 4. The van der Waals surface area contributed by atoms with Crippen LogP contribution in [-0.4, -0.2) is 17.2 Å². The zero-order chi connectivity index (χ0) is 13.1. The maximum absolute atomic E-state index is 5.89. The van der Waals surface area contributed by atoms with Gasteiger partial charge in [-0.3, -0.25) is 0 Å². The highest BCUT2D eigenvalue weighted by Crippen LogP contribution is 2.34. The molecular formula is C15H19N3O. The summed E-state index contributed by atoms with van der Waals surface area (Å²) < 4.78 is 5.89. The quantitative estimate of drug-likeness (QED) is 0.914. The molecule has 1 fully saturated rings. The van der Waals surface area contributed by atoms with E-state index in [0.29, 0.717) is 11.8 Å². The van der Waals surface area contributed by atoms with Gasteiger partial charge in [0.05, 0.1) is 0 Å². The molecule has 0 radical (unpaired) electrons. The van der Waals surface area contributed by atoms with Gasteiger partial charge in [0, 0.05) is 5.92 Å². The normalized spacial score (nSPS) is 17.7. The largest absolute Gasteiger partial charge is 0.423 e. The predicted molar refractivity (Wildman–Crippen MR) is 72.9 cm³/mol. The van der Waals surface area contributed by atoms with Gasteiger partial charge in [-0.1, -0.05) is 43.2 Å². The second kappa shape index (κ2) is 5.53. The van der Waals surface area contributed by atoms with Gasteiger partial charge in [-0.25, -0.2) is 0 Å². The second-order valence-corrected chi connectivity index (χ2v) is 5.09. The molecule has 0 saturated heterocycles. The van der Waals surface area contributed by atoms with E-state index >= 15 is 0 Å². The molecule has 1 aliphatic carbocycles. The average Bonchev–Trinajstić information content (AvgIpc) is 3.11. The van der Waals surface area contributed by atoms with Crippen molar-refractivity contribution >= 4 is 0 Å². The molecule has 1 aromatic heterocycles. The first kappa shape index (κ1) is 12.4. The predicted octanol–water partition coefficient (Wildman–Crippen LogP) is 3.04. The lowest BCUT2D eigenvalue weighted by Crippen LogP contribution is -2.17. The van der Waals surface area contributed by atoms with Gasteiger partial charge in [-0.2, -0.15) is 0 Å². The summed E-state index contributed by atoms with van der Waals surface area (Å²) in [6, 6.07) is 10.2. The van der Waals surface area contributed by atoms with E-state index < -0.39 is 0 Å². The molecule has 3 rings (SSSR count). The lowest BCUT2D eigenvalue weighted by Gasteiger charge is -2.12. The van der Waals surface area contributed by atoms with Crippen LogP contribution >= 0.6 is 0 Å². The standard InChI is InChI=1S/C15H19N3O/c1-16-13(11-7-3-2-4-8-11)15-18-17-14(19-15)12-9-5-6-10-12/h2-4,7-8,12-13,16H,5-6,9-10H2,1H3. The Labute approximate surface area is 113 Å². The molecule has 4 heteroatoms. The van der Waals surface area contributed by atoms with Crippen LogP contribution in [0.1, 0.15) is 55.0 Å². The number of benzene rings is 1. The molecule has 100 valence electrons. The third kappa shape index (κ3) is 2.54. The Morgan fingerprint density at radius 3 is 2.58 bits per heavy atom. The fourth-order valence-corrected chi connectivity index (χ4v) is 2.78. The van der Waals surface area contributed by atoms with Gasteiger partial charge in [0.2, 0.25) is 11.8 Å². The molecule has 1 unspecified atom stereocenters. The highest BCUT2D eigenvalue weighted by atomic mass is 16.4. The minimum atomic E-state index is -0.0242. The summed E-state index contributed by atoms with van der Waals surface area (Å²) in [4.78, 5) is 0. The third-order valence-corrected chi connectivity index (χ3v) is 3.83. The monoisotopic (exact) mass is 257 g/mol. The van der Waals surface area contributed by atoms with E-state index in [4.69, 9.17) is 4.42 Å². The highest BCUT2D eigenvalue weighted by molar-refractivity contribution is 5.23. The first-order valence-electron chi connectivity index (χ1n) is 6.94. The van der Waals surface area contributed by atoms with Gasteiger partial charge in [0.15, 0.2) is 0 Å². The topological polar surface area (TPSA) is 51.0 Å². The molecule has 1 atom stereocenters. The second-order valence-electron chi connectivity index (χ2n) is 5.09. The molecule has 0 bridgehead atoms. The van der Waals surface area contributed by atoms with Crippen LogP contribution in [0.5, 0.6) is 0 Å². The molecule has 1 saturated carbocycles. The minimum Gasteiger partial charge on any atom is -0.423 e. The third-order valence-electron chi connectivity index (χ3n) is 3.83. The molecule has 0 aliphatic heterocycles. The van der Waals surface area contributed by atoms with Crippen molar-refractivity contribution in [1.82, 2.24) is 15.5 Å². The van der Waals surface area contributed by atoms with Crippen LogP contribution in [0.3, 0.4) is 0 Å². The minimum absolute atomic E-state index is 0.0242. The van der Waals surface area contributed by atoms with Crippen LogP contribution in [0.25, 0.3) is 0 Å². The van der Waals surface area contributed by atoms with Gasteiger partial charge in [0.1, 0.15) is 6.04 Å². The van der Waals surface area contributed by atoms with Crippen LogP contribution in [0.2, 0.25) is 0 Å². The van der Waals surface area contributed by atoms with Crippen molar-refractivity contribution in [2.45, 2.75) is 37.6 Å². The molecule has 1 aromatic carbocycles. The molecule has 0 spiro atoms. The van der Waals surface area contributed by atoms with Gasteiger partial charge >= 0.3 is 0 Å². The number of nitrogens with zero attached hydrogens (tertiary/aromatic N) is 2. The highest BCUT2D eigenvalue weighted by Gasteiger charge is 2.25. The maximum atomic E-state index is 5.89. The first-order chi connectivity index (χ1) is 9.38. The fraction of sp³-hybridized carbons (Fsp3) is 0.467. The van der Waals surface area contributed by atoms with E-state index in [1.54, 1.807) is 0 Å². The average molecular weight is 257 g/mol. The van der Waals surface area contributed by atoms with E-state index in [2.05, 4.69) is 27.6 Å². The van der Waals surface area contributed by atoms with Crippen molar-refractivity contribution in [1.29, 1.82) is 0 Å². The number of aromatic nitrogens is 2. The molecule has 0 amide bonds. The zero-order valence-corrected chi connectivity index (χ0v) is 11.2. The molecule has 2 aromatic rings. The van der Waals surface area contributed by atoms with Gasteiger partial charge in [0.25, 0.3) is 0 Å². The fourth-order valence-electron chi connectivity index (χ4n) is 2.78.